The van der Waals surface area contributed by atoms with Crippen molar-refractivity contribution in [2.75, 3.05) is 19.6 Å². The summed E-state index contributed by atoms with van der Waals surface area (Å²) < 4.78 is 2.19. The van der Waals surface area contributed by atoms with Gasteiger partial charge in [-0.05, 0) is 45.2 Å². The van der Waals surface area contributed by atoms with Gasteiger partial charge in [0, 0.05) is 31.9 Å². The first kappa shape index (κ1) is 15.5. The second kappa shape index (κ2) is 7.23. The first-order valence-corrected chi connectivity index (χ1v) is 8.11. The molecule has 2 rings (SSSR count). The van der Waals surface area contributed by atoms with Gasteiger partial charge in [-0.2, -0.15) is 0 Å². The molecule has 0 spiro atoms. The summed E-state index contributed by atoms with van der Waals surface area (Å²) in [5, 5.41) is 10.9. The minimum absolute atomic E-state index is 0.570. The fraction of sp³-hybridized carbons (Fsp3) is 0.812. The zero-order valence-corrected chi connectivity index (χ0v) is 13.0. The lowest BCUT2D eigenvalue weighted by atomic mass is 9.91. The number of rotatable bonds is 6. The quantitative estimate of drug-likeness (QED) is 0.869. The largest absolute Gasteiger partial charge is 0.389 e. The molecule has 2 heterocycles. The van der Waals surface area contributed by atoms with Gasteiger partial charge < -0.3 is 14.6 Å². The van der Waals surface area contributed by atoms with E-state index in [1.807, 2.05) is 12.4 Å². The number of hydrogen-bond donors (Lipinski definition) is 1. The molecule has 0 saturated carbocycles. The Morgan fingerprint density at radius 1 is 1.20 bits per heavy atom. The van der Waals surface area contributed by atoms with Crippen molar-refractivity contribution in [2.45, 2.75) is 64.5 Å². The minimum atomic E-state index is -0.570. The number of imidazole rings is 1. The third-order valence-electron chi connectivity index (χ3n) is 4.30. The standard InChI is InChI=1S/C16H29N3O/c1-3-9-18-11-5-6-16(20,7-12-18)14-15-17-8-13-19(15)10-4-2/h8,13,20H,3-7,9-12,14H2,1-2H3. The lowest BCUT2D eigenvalue weighted by Crippen LogP contribution is -2.34. The molecule has 1 aromatic rings. The van der Waals surface area contributed by atoms with Crippen molar-refractivity contribution in [2.24, 2.45) is 0 Å². The van der Waals surface area contributed by atoms with E-state index < -0.39 is 5.60 Å². The van der Waals surface area contributed by atoms with Crippen molar-refractivity contribution < 1.29 is 5.11 Å². The number of aliphatic hydroxyl groups is 1. The second-order valence-corrected chi connectivity index (χ2v) is 6.13. The molecule has 114 valence electrons. The van der Waals surface area contributed by atoms with Gasteiger partial charge in [0.15, 0.2) is 0 Å². The summed E-state index contributed by atoms with van der Waals surface area (Å²) in [4.78, 5) is 6.93. The fourth-order valence-electron chi connectivity index (χ4n) is 3.20. The third kappa shape index (κ3) is 4.06. The van der Waals surface area contributed by atoms with Crippen molar-refractivity contribution in [1.82, 2.24) is 14.5 Å². The number of hydrogen-bond acceptors (Lipinski definition) is 3. The highest BCUT2D eigenvalue weighted by atomic mass is 16.3. The molecule has 1 atom stereocenters. The minimum Gasteiger partial charge on any atom is -0.389 e. The summed E-state index contributed by atoms with van der Waals surface area (Å²) in [5.41, 5.74) is -0.570. The van der Waals surface area contributed by atoms with Crippen LogP contribution >= 0.6 is 0 Å². The third-order valence-corrected chi connectivity index (χ3v) is 4.30. The van der Waals surface area contributed by atoms with Crippen LogP contribution in [0.4, 0.5) is 0 Å². The molecule has 1 aliphatic rings. The molecule has 0 aliphatic carbocycles. The van der Waals surface area contributed by atoms with Gasteiger partial charge in [-0.25, -0.2) is 4.98 Å². The molecular formula is C16H29N3O. The number of likely N-dealkylation sites (tertiary alicyclic amines) is 1. The topological polar surface area (TPSA) is 41.3 Å². The average Bonchev–Trinajstić information content (AvgIpc) is 2.75. The molecule has 4 heteroatoms. The molecule has 1 aromatic heterocycles. The summed E-state index contributed by atoms with van der Waals surface area (Å²) in [7, 11) is 0. The van der Waals surface area contributed by atoms with Crippen molar-refractivity contribution in [3.63, 3.8) is 0 Å². The Labute approximate surface area is 122 Å². The van der Waals surface area contributed by atoms with E-state index in [4.69, 9.17) is 0 Å². The Morgan fingerprint density at radius 2 is 2.00 bits per heavy atom. The second-order valence-electron chi connectivity index (χ2n) is 6.13. The van der Waals surface area contributed by atoms with E-state index >= 15 is 0 Å². The number of nitrogens with zero attached hydrogens (tertiary/aromatic N) is 3. The van der Waals surface area contributed by atoms with Crippen LogP contribution in [-0.4, -0.2) is 44.8 Å². The van der Waals surface area contributed by atoms with E-state index in [0.29, 0.717) is 6.42 Å². The predicted molar refractivity (Wildman–Crippen MR) is 81.8 cm³/mol. The van der Waals surface area contributed by atoms with Crippen LogP contribution in [0.15, 0.2) is 12.4 Å². The molecule has 1 saturated heterocycles. The Kier molecular flexibility index (Phi) is 5.61. The fourth-order valence-corrected chi connectivity index (χ4v) is 3.20. The van der Waals surface area contributed by atoms with Gasteiger partial charge in [0.2, 0.25) is 0 Å². The normalized spacial score (nSPS) is 24.8. The SMILES string of the molecule is CCCN1CCCC(O)(Cc2nccn2CCC)CC1. The van der Waals surface area contributed by atoms with Crippen molar-refractivity contribution >= 4 is 0 Å². The van der Waals surface area contributed by atoms with E-state index in [9.17, 15) is 5.11 Å². The van der Waals surface area contributed by atoms with Crippen LogP contribution in [0.5, 0.6) is 0 Å². The molecule has 4 nitrogen and oxygen atoms in total. The summed E-state index contributed by atoms with van der Waals surface area (Å²) >= 11 is 0. The van der Waals surface area contributed by atoms with E-state index in [-0.39, 0.29) is 0 Å². The number of aryl methyl sites for hydroxylation is 1. The molecule has 20 heavy (non-hydrogen) atoms. The first-order valence-electron chi connectivity index (χ1n) is 8.11. The van der Waals surface area contributed by atoms with Crippen LogP contribution in [-0.2, 0) is 13.0 Å². The van der Waals surface area contributed by atoms with Crippen molar-refractivity contribution in [3.05, 3.63) is 18.2 Å². The van der Waals surface area contributed by atoms with Gasteiger partial charge in [0.25, 0.3) is 0 Å². The zero-order valence-electron chi connectivity index (χ0n) is 13.0. The van der Waals surface area contributed by atoms with E-state index in [1.165, 1.54) is 6.42 Å². The molecular weight excluding hydrogens is 250 g/mol. The van der Waals surface area contributed by atoms with Crippen LogP contribution in [0.2, 0.25) is 0 Å². The maximum absolute atomic E-state index is 10.9. The summed E-state index contributed by atoms with van der Waals surface area (Å²) in [6.07, 6.45) is 9.73. The van der Waals surface area contributed by atoms with Crippen LogP contribution in [0.1, 0.15) is 51.8 Å². The zero-order chi connectivity index (χ0) is 14.4. The van der Waals surface area contributed by atoms with Crippen molar-refractivity contribution in [3.8, 4) is 0 Å². The first-order chi connectivity index (χ1) is 9.67. The molecule has 0 aromatic carbocycles. The van der Waals surface area contributed by atoms with E-state index in [0.717, 1.165) is 57.7 Å². The summed E-state index contributed by atoms with van der Waals surface area (Å²) in [5.74, 6) is 1.04. The lowest BCUT2D eigenvalue weighted by Gasteiger charge is -2.27. The molecule has 1 aliphatic heterocycles. The van der Waals surface area contributed by atoms with Crippen LogP contribution in [0.3, 0.4) is 0 Å². The van der Waals surface area contributed by atoms with Crippen LogP contribution in [0.25, 0.3) is 0 Å². The van der Waals surface area contributed by atoms with Gasteiger partial charge in [0.1, 0.15) is 5.82 Å². The molecule has 1 unspecified atom stereocenters. The Balaban J connectivity index is 1.98. The highest BCUT2D eigenvalue weighted by Gasteiger charge is 2.31. The summed E-state index contributed by atoms with van der Waals surface area (Å²) in [6.45, 7) is 8.68. The lowest BCUT2D eigenvalue weighted by molar-refractivity contribution is 0.0230. The molecule has 1 fully saturated rings. The van der Waals surface area contributed by atoms with Gasteiger partial charge in [0.05, 0.1) is 5.60 Å². The van der Waals surface area contributed by atoms with Gasteiger partial charge in [-0.3, -0.25) is 0 Å². The highest BCUT2D eigenvalue weighted by molar-refractivity contribution is 5.00. The molecule has 1 N–H and O–H groups in total. The Morgan fingerprint density at radius 3 is 2.75 bits per heavy atom. The maximum atomic E-state index is 10.9. The molecule has 0 bridgehead atoms. The van der Waals surface area contributed by atoms with Crippen molar-refractivity contribution in [1.29, 1.82) is 0 Å². The van der Waals surface area contributed by atoms with E-state index in [1.54, 1.807) is 0 Å². The van der Waals surface area contributed by atoms with E-state index in [2.05, 4.69) is 28.3 Å². The van der Waals surface area contributed by atoms with Crippen LogP contribution in [0, 0.1) is 0 Å². The predicted octanol–water partition coefficient (Wildman–Crippen LogP) is 2.46. The molecule has 0 amide bonds. The maximum Gasteiger partial charge on any atom is 0.111 e. The summed E-state index contributed by atoms with van der Waals surface area (Å²) in [6, 6.07) is 0. The Hall–Kier alpha value is -0.870. The van der Waals surface area contributed by atoms with Gasteiger partial charge >= 0.3 is 0 Å². The number of aromatic nitrogens is 2. The van der Waals surface area contributed by atoms with Crippen LogP contribution < -0.4 is 0 Å². The highest BCUT2D eigenvalue weighted by Crippen LogP contribution is 2.26. The van der Waals surface area contributed by atoms with Gasteiger partial charge in [-0.15, -0.1) is 0 Å². The van der Waals surface area contributed by atoms with Gasteiger partial charge in [-0.1, -0.05) is 13.8 Å². The average molecular weight is 279 g/mol. The molecule has 0 radical (unpaired) electrons. The monoisotopic (exact) mass is 279 g/mol. The Bertz CT molecular complexity index is 404. The smallest absolute Gasteiger partial charge is 0.111 e.